The molecule has 1 unspecified atom stereocenters. The van der Waals surface area contributed by atoms with Gasteiger partial charge in [0.05, 0.1) is 23.5 Å². The molecular formula is C20H16F3KN2O4S. The third-order valence-corrected chi connectivity index (χ3v) is 5.33. The van der Waals surface area contributed by atoms with Gasteiger partial charge in [0.25, 0.3) is 11.8 Å². The molecule has 0 aliphatic carbocycles. The van der Waals surface area contributed by atoms with Crippen LogP contribution in [-0.4, -0.2) is 29.4 Å². The fourth-order valence-electron chi connectivity index (χ4n) is 2.85. The Balaban J connectivity index is 0.00000341. The molecule has 2 aromatic rings. The summed E-state index contributed by atoms with van der Waals surface area (Å²) in [4.78, 5) is 27.7. The number of ether oxygens (including phenoxy) is 1. The first-order valence-electron chi connectivity index (χ1n) is 8.75. The van der Waals surface area contributed by atoms with Crippen LogP contribution in [0.15, 0.2) is 47.5 Å². The van der Waals surface area contributed by atoms with Crippen molar-refractivity contribution in [3.63, 3.8) is 0 Å². The van der Waals surface area contributed by atoms with Crippen LogP contribution in [0, 0.1) is 0 Å². The Hall–Kier alpha value is -1.37. The number of nitrogens with zero attached hydrogens (tertiary/aromatic N) is 1. The summed E-state index contributed by atoms with van der Waals surface area (Å²) in [5, 5.41) is 12.7. The molecule has 0 fully saturated rings. The summed E-state index contributed by atoms with van der Waals surface area (Å²) in [5.74, 6) is -0.691. The number of hydrogen-bond donors (Lipinski definition) is 1. The summed E-state index contributed by atoms with van der Waals surface area (Å²) in [7, 11) is 1.40. The minimum absolute atomic E-state index is 0. The normalized spacial score (nSPS) is 15.8. The fraction of sp³-hybridized carbons (Fsp3) is 0.250. The van der Waals surface area contributed by atoms with Crippen molar-refractivity contribution in [3.05, 3.63) is 64.7 Å². The van der Waals surface area contributed by atoms with Crippen LogP contribution in [0.25, 0.3) is 0 Å². The van der Waals surface area contributed by atoms with Crippen molar-refractivity contribution in [1.29, 1.82) is 0 Å². The summed E-state index contributed by atoms with van der Waals surface area (Å²) in [6.45, 7) is 0.0225. The largest absolute Gasteiger partial charge is 1.00 e. The van der Waals surface area contributed by atoms with Gasteiger partial charge in [-0.1, -0.05) is 18.2 Å². The van der Waals surface area contributed by atoms with Crippen LogP contribution < -0.4 is 66.5 Å². The third kappa shape index (κ3) is 6.80. The molecule has 0 bridgehead atoms. The topological polar surface area (TPSA) is 90.8 Å². The summed E-state index contributed by atoms with van der Waals surface area (Å²) in [5.41, 5.74) is 0.586. The Bertz CT molecular complexity index is 997. The number of carbonyl (C=O) groups excluding carboxylic acids is 2. The standard InChI is InChI=1S/C20H17F3N2O4S.K/c1-29-15-7-4-12(9-16-18(27)25-19(28)30-16)8-14(15)17(26)24-10-11-2-5-13(6-3-11)20(21,22)23;/h2-8,16H,9-10H2,1H3,(H,24,26)(H,25,27,28);/q;+1/p-1. The molecule has 1 atom stereocenters. The number of benzene rings is 2. The third-order valence-electron chi connectivity index (χ3n) is 4.38. The summed E-state index contributed by atoms with van der Waals surface area (Å²) in [6, 6.07) is 9.29. The quantitative estimate of drug-likeness (QED) is 0.571. The average molecular weight is 477 g/mol. The molecule has 2 aromatic carbocycles. The second kappa shape index (κ2) is 11.0. The molecule has 0 radical (unpaired) electrons. The van der Waals surface area contributed by atoms with E-state index in [1.807, 2.05) is 0 Å². The first kappa shape index (κ1) is 25.9. The van der Waals surface area contributed by atoms with E-state index < -0.39 is 34.0 Å². The number of amides is 2. The van der Waals surface area contributed by atoms with Crippen LogP contribution in [0.4, 0.5) is 13.2 Å². The molecule has 31 heavy (non-hydrogen) atoms. The van der Waals surface area contributed by atoms with E-state index in [0.29, 0.717) is 16.9 Å². The molecule has 2 amide bonds. The zero-order valence-corrected chi connectivity index (χ0v) is 20.6. The van der Waals surface area contributed by atoms with E-state index in [2.05, 4.69) is 10.3 Å². The van der Waals surface area contributed by atoms with E-state index in [9.17, 15) is 27.9 Å². The molecule has 0 saturated carbocycles. The predicted molar refractivity (Wildman–Crippen MR) is 103 cm³/mol. The minimum Gasteiger partial charge on any atom is -0.854 e. The SMILES string of the molecule is COc1ccc(CC2SC([O-])=NC2=O)cc1C(=O)NCc1ccc(C(F)(F)F)cc1.[K+]. The van der Waals surface area contributed by atoms with Gasteiger partial charge in [0.2, 0.25) is 0 Å². The summed E-state index contributed by atoms with van der Waals surface area (Å²) >= 11 is 0.836. The van der Waals surface area contributed by atoms with Crippen LogP contribution in [0.2, 0.25) is 0 Å². The van der Waals surface area contributed by atoms with Gasteiger partial charge in [-0.05, 0) is 41.8 Å². The van der Waals surface area contributed by atoms with Crippen LogP contribution in [-0.2, 0) is 23.9 Å². The summed E-state index contributed by atoms with van der Waals surface area (Å²) < 4.78 is 43.1. The average Bonchev–Trinajstić information content (AvgIpc) is 3.02. The van der Waals surface area contributed by atoms with Gasteiger partial charge in [0.15, 0.2) is 0 Å². The Kier molecular flexibility index (Phi) is 9.16. The molecule has 158 valence electrons. The summed E-state index contributed by atoms with van der Waals surface area (Å²) in [6.07, 6.45) is -4.20. The van der Waals surface area contributed by atoms with Gasteiger partial charge in [0.1, 0.15) is 5.75 Å². The second-order valence-corrected chi connectivity index (χ2v) is 7.59. The maximum absolute atomic E-state index is 12.6. The van der Waals surface area contributed by atoms with Crippen LogP contribution in [0.1, 0.15) is 27.0 Å². The smallest absolute Gasteiger partial charge is 0.854 e. The molecule has 3 rings (SSSR count). The first-order chi connectivity index (χ1) is 14.2. The zero-order valence-electron chi connectivity index (χ0n) is 16.7. The monoisotopic (exact) mass is 476 g/mol. The van der Waals surface area contributed by atoms with Crippen molar-refractivity contribution < 1.29 is 84.0 Å². The molecule has 11 heteroatoms. The van der Waals surface area contributed by atoms with Gasteiger partial charge in [0, 0.05) is 11.8 Å². The number of rotatable bonds is 6. The Morgan fingerprint density at radius 3 is 2.39 bits per heavy atom. The van der Waals surface area contributed by atoms with Gasteiger partial charge in [-0.25, -0.2) is 4.99 Å². The molecule has 1 N–H and O–H groups in total. The zero-order chi connectivity index (χ0) is 21.9. The van der Waals surface area contributed by atoms with E-state index in [-0.39, 0.29) is 69.9 Å². The molecule has 0 aromatic heterocycles. The maximum Gasteiger partial charge on any atom is 1.00 e. The van der Waals surface area contributed by atoms with E-state index in [1.165, 1.54) is 19.2 Å². The number of aliphatic imine (C=N–C) groups is 1. The van der Waals surface area contributed by atoms with E-state index in [1.54, 1.807) is 18.2 Å². The number of halogens is 3. The molecular weight excluding hydrogens is 460 g/mol. The Morgan fingerprint density at radius 1 is 1.19 bits per heavy atom. The molecule has 0 saturated heterocycles. The van der Waals surface area contributed by atoms with Crippen LogP contribution >= 0.6 is 11.8 Å². The van der Waals surface area contributed by atoms with Crippen LogP contribution in [0.5, 0.6) is 5.75 Å². The van der Waals surface area contributed by atoms with E-state index >= 15 is 0 Å². The van der Waals surface area contributed by atoms with Crippen molar-refractivity contribution in [2.45, 2.75) is 24.4 Å². The number of thioether (sulfide) groups is 1. The predicted octanol–water partition coefficient (Wildman–Crippen LogP) is -0.451. The molecule has 1 heterocycles. The number of methoxy groups -OCH3 is 1. The first-order valence-corrected chi connectivity index (χ1v) is 9.63. The minimum atomic E-state index is -4.42. The number of carbonyl (C=O) groups is 2. The van der Waals surface area contributed by atoms with Crippen molar-refractivity contribution >= 4 is 28.8 Å². The van der Waals surface area contributed by atoms with Gasteiger partial charge >= 0.3 is 57.6 Å². The van der Waals surface area contributed by atoms with Gasteiger partial charge in [-0.15, -0.1) is 11.8 Å². The van der Waals surface area contributed by atoms with Crippen LogP contribution in [0.3, 0.4) is 0 Å². The van der Waals surface area contributed by atoms with Crippen molar-refractivity contribution in [2.24, 2.45) is 4.99 Å². The van der Waals surface area contributed by atoms with Gasteiger partial charge in [-0.3, -0.25) is 9.59 Å². The van der Waals surface area contributed by atoms with E-state index in [4.69, 9.17) is 4.74 Å². The van der Waals surface area contributed by atoms with E-state index in [0.717, 1.165) is 23.9 Å². The molecule has 0 spiro atoms. The molecule has 1 aliphatic rings. The second-order valence-electron chi connectivity index (χ2n) is 6.44. The van der Waals surface area contributed by atoms with Crippen molar-refractivity contribution in [3.8, 4) is 5.75 Å². The number of nitrogens with one attached hydrogen (secondary N) is 1. The Labute approximate surface area is 223 Å². The number of alkyl halides is 3. The van der Waals surface area contributed by atoms with Crippen molar-refractivity contribution in [1.82, 2.24) is 5.32 Å². The maximum atomic E-state index is 12.6. The van der Waals surface area contributed by atoms with Gasteiger partial charge < -0.3 is 15.2 Å². The Morgan fingerprint density at radius 2 is 1.84 bits per heavy atom. The van der Waals surface area contributed by atoms with Crippen molar-refractivity contribution in [2.75, 3.05) is 7.11 Å². The number of hydrogen-bond acceptors (Lipinski definition) is 5. The molecule has 6 nitrogen and oxygen atoms in total. The van der Waals surface area contributed by atoms with Gasteiger partial charge in [-0.2, -0.15) is 13.2 Å². The molecule has 1 aliphatic heterocycles. The fourth-order valence-corrected chi connectivity index (χ4v) is 3.67.